The lowest BCUT2D eigenvalue weighted by atomic mass is 10.2. The average molecular weight is 213 g/mol. The van der Waals surface area contributed by atoms with Gasteiger partial charge in [-0.15, -0.1) is 0 Å². The third kappa shape index (κ3) is 3.85. The summed E-state index contributed by atoms with van der Waals surface area (Å²) in [4.78, 5) is 0. The van der Waals surface area contributed by atoms with Gasteiger partial charge in [-0.05, 0) is 18.6 Å². The minimum absolute atomic E-state index is 0.197. The van der Waals surface area contributed by atoms with E-state index in [1.807, 2.05) is 6.92 Å². The first-order chi connectivity index (χ1) is 7.13. The molecule has 4 heteroatoms. The first-order valence-corrected chi connectivity index (χ1v) is 4.77. The van der Waals surface area contributed by atoms with Crippen LogP contribution in [0.25, 0.3) is 0 Å². The largest absolute Gasteiger partial charge is 0.491 e. The van der Waals surface area contributed by atoms with Crippen molar-refractivity contribution in [3.63, 3.8) is 0 Å². The maximum absolute atomic E-state index is 12.9. The predicted octanol–water partition coefficient (Wildman–Crippen LogP) is 1.49. The molecule has 0 amide bonds. The van der Waals surface area contributed by atoms with Crippen LogP contribution in [0.15, 0.2) is 18.2 Å². The molecule has 0 spiro atoms. The van der Waals surface area contributed by atoms with E-state index in [-0.39, 0.29) is 11.9 Å². The smallest absolute Gasteiger partial charge is 0.126 e. The normalized spacial score (nSPS) is 12.5. The summed E-state index contributed by atoms with van der Waals surface area (Å²) in [7, 11) is 1.58. The van der Waals surface area contributed by atoms with E-state index in [4.69, 9.17) is 15.2 Å². The lowest BCUT2D eigenvalue weighted by molar-refractivity contribution is 0.152. The van der Waals surface area contributed by atoms with E-state index >= 15 is 0 Å². The third-order valence-electron chi connectivity index (χ3n) is 1.98. The molecule has 0 aliphatic carbocycles. The number of halogens is 1. The molecule has 84 valence electrons. The number of ether oxygens (including phenoxy) is 2. The molecule has 0 aliphatic heterocycles. The standard InChI is InChI=1S/C11H16FNO2/c1-8-3-4-9(12)5-11(8)15-7-10(13)6-14-2/h3-5,10H,6-7,13H2,1-2H3. The Morgan fingerprint density at radius 3 is 2.80 bits per heavy atom. The topological polar surface area (TPSA) is 44.5 Å². The van der Waals surface area contributed by atoms with Crippen LogP contribution < -0.4 is 10.5 Å². The summed E-state index contributed by atoms with van der Waals surface area (Å²) in [6.45, 7) is 2.60. The molecule has 0 radical (unpaired) electrons. The van der Waals surface area contributed by atoms with Crippen LogP contribution in [0.5, 0.6) is 5.75 Å². The van der Waals surface area contributed by atoms with E-state index in [0.29, 0.717) is 19.0 Å². The van der Waals surface area contributed by atoms with Gasteiger partial charge in [0.05, 0.1) is 12.6 Å². The fraction of sp³-hybridized carbons (Fsp3) is 0.455. The average Bonchev–Trinajstić information content (AvgIpc) is 2.20. The molecule has 0 saturated carbocycles. The minimum Gasteiger partial charge on any atom is -0.491 e. The minimum atomic E-state index is -0.309. The molecule has 0 aliphatic rings. The number of methoxy groups -OCH3 is 1. The van der Waals surface area contributed by atoms with Crippen molar-refractivity contribution in [3.05, 3.63) is 29.6 Å². The summed E-state index contributed by atoms with van der Waals surface area (Å²) in [6, 6.07) is 4.23. The molecule has 1 rings (SSSR count). The highest BCUT2D eigenvalue weighted by Crippen LogP contribution is 2.18. The van der Waals surface area contributed by atoms with E-state index in [2.05, 4.69) is 0 Å². The van der Waals surface area contributed by atoms with Crippen LogP contribution >= 0.6 is 0 Å². The van der Waals surface area contributed by atoms with Crippen LogP contribution in [0.4, 0.5) is 4.39 Å². The zero-order valence-electron chi connectivity index (χ0n) is 9.00. The van der Waals surface area contributed by atoms with E-state index in [9.17, 15) is 4.39 Å². The summed E-state index contributed by atoms with van der Waals surface area (Å²) >= 11 is 0. The monoisotopic (exact) mass is 213 g/mol. The van der Waals surface area contributed by atoms with E-state index < -0.39 is 0 Å². The van der Waals surface area contributed by atoms with E-state index in [1.165, 1.54) is 12.1 Å². The fourth-order valence-corrected chi connectivity index (χ4v) is 1.19. The van der Waals surface area contributed by atoms with Crippen molar-refractivity contribution in [1.82, 2.24) is 0 Å². The number of rotatable bonds is 5. The summed E-state index contributed by atoms with van der Waals surface area (Å²) in [5, 5.41) is 0. The Labute approximate surface area is 89.0 Å². The van der Waals surface area contributed by atoms with Gasteiger partial charge in [0.1, 0.15) is 18.2 Å². The zero-order valence-corrected chi connectivity index (χ0v) is 9.00. The Morgan fingerprint density at radius 1 is 1.40 bits per heavy atom. The molecule has 0 saturated heterocycles. The van der Waals surface area contributed by atoms with Crippen LogP contribution in [0.2, 0.25) is 0 Å². The number of nitrogens with two attached hydrogens (primary N) is 1. The van der Waals surface area contributed by atoms with Gasteiger partial charge in [-0.1, -0.05) is 6.07 Å². The summed E-state index contributed by atoms with van der Waals surface area (Å²) in [6.07, 6.45) is 0. The van der Waals surface area contributed by atoms with Gasteiger partial charge < -0.3 is 15.2 Å². The highest BCUT2D eigenvalue weighted by Gasteiger charge is 2.05. The molecule has 1 aromatic carbocycles. The van der Waals surface area contributed by atoms with Crippen molar-refractivity contribution in [2.45, 2.75) is 13.0 Å². The van der Waals surface area contributed by atoms with Crippen molar-refractivity contribution in [2.24, 2.45) is 5.73 Å². The van der Waals surface area contributed by atoms with Gasteiger partial charge in [-0.3, -0.25) is 0 Å². The summed E-state index contributed by atoms with van der Waals surface area (Å²) in [5.74, 6) is 0.220. The van der Waals surface area contributed by atoms with Gasteiger partial charge in [0.2, 0.25) is 0 Å². The van der Waals surface area contributed by atoms with Crippen molar-refractivity contribution in [2.75, 3.05) is 20.3 Å². The Balaban J connectivity index is 2.53. The Hall–Kier alpha value is -1.13. The molecule has 1 aromatic rings. The molecular formula is C11H16FNO2. The number of hydrogen-bond acceptors (Lipinski definition) is 3. The molecule has 1 unspecified atom stereocenters. The zero-order chi connectivity index (χ0) is 11.3. The lowest BCUT2D eigenvalue weighted by Crippen LogP contribution is -2.32. The first kappa shape index (κ1) is 11.9. The molecule has 0 aromatic heterocycles. The molecular weight excluding hydrogens is 197 g/mol. The second-order valence-corrected chi connectivity index (χ2v) is 3.44. The van der Waals surface area contributed by atoms with Crippen LogP contribution in [-0.2, 0) is 4.74 Å². The molecule has 15 heavy (non-hydrogen) atoms. The second kappa shape index (κ2) is 5.68. The molecule has 0 fully saturated rings. The Morgan fingerprint density at radius 2 is 2.13 bits per heavy atom. The summed E-state index contributed by atoms with van der Waals surface area (Å²) in [5.41, 5.74) is 6.57. The molecule has 3 nitrogen and oxygen atoms in total. The van der Waals surface area contributed by atoms with Crippen molar-refractivity contribution in [1.29, 1.82) is 0 Å². The Bertz CT molecular complexity index is 317. The first-order valence-electron chi connectivity index (χ1n) is 4.77. The van der Waals surface area contributed by atoms with Gasteiger partial charge in [-0.2, -0.15) is 0 Å². The van der Waals surface area contributed by atoms with Crippen LogP contribution in [0.3, 0.4) is 0 Å². The highest BCUT2D eigenvalue weighted by molar-refractivity contribution is 5.32. The fourth-order valence-electron chi connectivity index (χ4n) is 1.19. The Kier molecular flexibility index (Phi) is 4.52. The maximum atomic E-state index is 12.9. The van der Waals surface area contributed by atoms with Crippen molar-refractivity contribution >= 4 is 0 Å². The number of aryl methyl sites for hydroxylation is 1. The highest BCUT2D eigenvalue weighted by atomic mass is 19.1. The molecule has 0 bridgehead atoms. The lowest BCUT2D eigenvalue weighted by Gasteiger charge is -2.13. The van der Waals surface area contributed by atoms with Gasteiger partial charge >= 0.3 is 0 Å². The van der Waals surface area contributed by atoms with Crippen molar-refractivity contribution < 1.29 is 13.9 Å². The third-order valence-corrected chi connectivity index (χ3v) is 1.98. The van der Waals surface area contributed by atoms with Gasteiger partial charge in [0, 0.05) is 13.2 Å². The maximum Gasteiger partial charge on any atom is 0.126 e. The van der Waals surface area contributed by atoms with Gasteiger partial charge in [0.25, 0.3) is 0 Å². The van der Waals surface area contributed by atoms with Crippen LogP contribution in [0.1, 0.15) is 5.56 Å². The van der Waals surface area contributed by atoms with E-state index in [1.54, 1.807) is 13.2 Å². The van der Waals surface area contributed by atoms with Crippen LogP contribution in [-0.4, -0.2) is 26.4 Å². The predicted molar refractivity (Wildman–Crippen MR) is 56.5 cm³/mol. The quantitative estimate of drug-likeness (QED) is 0.805. The second-order valence-electron chi connectivity index (χ2n) is 3.44. The van der Waals surface area contributed by atoms with Crippen LogP contribution in [0, 0.1) is 12.7 Å². The molecule has 0 heterocycles. The number of hydrogen-bond donors (Lipinski definition) is 1. The van der Waals surface area contributed by atoms with Gasteiger partial charge in [0.15, 0.2) is 0 Å². The van der Waals surface area contributed by atoms with Crippen molar-refractivity contribution in [3.8, 4) is 5.75 Å². The summed E-state index contributed by atoms with van der Waals surface area (Å²) < 4.78 is 23.1. The number of benzene rings is 1. The van der Waals surface area contributed by atoms with E-state index in [0.717, 1.165) is 5.56 Å². The van der Waals surface area contributed by atoms with Gasteiger partial charge in [-0.25, -0.2) is 4.39 Å². The SMILES string of the molecule is COCC(N)COc1cc(F)ccc1C. The molecule has 1 atom stereocenters. The molecule has 2 N–H and O–H groups in total.